The number of nitrogens with one attached hydrogen (secondary N) is 1. The van der Waals surface area contributed by atoms with Crippen LogP contribution in [0.5, 0.6) is 5.75 Å². The van der Waals surface area contributed by atoms with Crippen molar-refractivity contribution in [2.45, 2.75) is 13.2 Å². The smallest absolute Gasteiger partial charge is 0.165 e. The number of ether oxygens (including phenoxy) is 1. The highest BCUT2D eigenvalue weighted by Crippen LogP contribution is 2.19. The van der Waals surface area contributed by atoms with Crippen molar-refractivity contribution in [2.75, 3.05) is 7.05 Å². The van der Waals surface area contributed by atoms with Gasteiger partial charge in [0.15, 0.2) is 11.6 Å². The van der Waals surface area contributed by atoms with Crippen LogP contribution in [0.1, 0.15) is 11.4 Å². The van der Waals surface area contributed by atoms with Gasteiger partial charge >= 0.3 is 0 Å². The Kier molecular flexibility index (Phi) is 4.41. The van der Waals surface area contributed by atoms with E-state index in [0.717, 1.165) is 23.9 Å². The maximum Gasteiger partial charge on any atom is 0.165 e. The van der Waals surface area contributed by atoms with E-state index in [0.29, 0.717) is 12.2 Å². The summed E-state index contributed by atoms with van der Waals surface area (Å²) in [4.78, 5) is 4.33. The summed E-state index contributed by atoms with van der Waals surface area (Å²) in [7, 11) is 1.83. The molecule has 0 spiro atoms. The van der Waals surface area contributed by atoms with Crippen LogP contribution < -0.4 is 10.1 Å². The Balaban J connectivity index is 2.05. The minimum Gasteiger partial charge on any atom is -0.484 e. The largest absolute Gasteiger partial charge is 0.484 e. The lowest BCUT2D eigenvalue weighted by Crippen LogP contribution is -2.08. The molecule has 0 aliphatic rings. The predicted molar refractivity (Wildman–Crippen MR) is 67.7 cm³/mol. The molecule has 1 heterocycles. The monoisotopic (exact) mass is 264 g/mol. The molecular formula is C14H14F2N2O. The van der Waals surface area contributed by atoms with Crippen molar-refractivity contribution >= 4 is 0 Å². The van der Waals surface area contributed by atoms with Gasteiger partial charge in [-0.15, -0.1) is 0 Å². The second-order valence-corrected chi connectivity index (χ2v) is 4.01. The lowest BCUT2D eigenvalue weighted by molar-refractivity contribution is 0.284. The van der Waals surface area contributed by atoms with Crippen LogP contribution in [0.3, 0.4) is 0 Å². The Morgan fingerprint density at radius 2 is 1.95 bits per heavy atom. The van der Waals surface area contributed by atoms with Gasteiger partial charge in [0.25, 0.3) is 0 Å². The van der Waals surface area contributed by atoms with Gasteiger partial charge in [0, 0.05) is 12.6 Å². The first-order valence-corrected chi connectivity index (χ1v) is 5.86. The molecule has 0 aliphatic heterocycles. The van der Waals surface area contributed by atoms with Gasteiger partial charge in [0.1, 0.15) is 12.4 Å². The Bertz CT molecular complexity index is 561. The number of pyridine rings is 1. The lowest BCUT2D eigenvalue weighted by atomic mass is 10.3. The highest BCUT2D eigenvalue weighted by Gasteiger charge is 2.06. The molecule has 3 nitrogen and oxygen atoms in total. The van der Waals surface area contributed by atoms with Gasteiger partial charge in [-0.05, 0) is 31.3 Å². The minimum atomic E-state index is -0.590. The van der Waals surface area contributed by atoms with E-state index in [4.69, 9.17) is 4.74 Å². The van der Waals surface area contributed by atoms with E-state index in [2.05, 4.69) is 10.3 Å². The fourth-order valence-electron chi connectivity index (χ4n) is 1.63. The number of halogens is 2. The molecule has 0 amide bonds. The van der Waals surface area contributed by atoms with Crippen LogP contribution >= 0.6 is 0 Å². The van der Waals surface area contributed by atoms with Gasteiger partial charge in [-0.1, -0.05) is 6.07 Å². The molecule has 100 valence electrons. The number of benzene rings is 1. The molecule has 1 aromatic heterocycles. The van der Waals surface area contributed by atoms with E-state index in [1.165, 1.54) is 0 Å². The summed E-state index contributed by atoms with van der Waals surface area (Å²) < 4.78 is 31.6. The second kappa shape index (κ2) is 6.24. The van der Waals surface area contributed by atoms with Crippen LogP contribution in [0.2, 0.25) is 0 Å². The molecule has 0 radical (unpaired) electrons. The molecule has 1 aromatic carbocycles. The van der Waals surface area contributed by atoms with Crippen molar-refractivity contribution < 1.29 is 13.5 Å². The number of hydrogen-bond donors (Lipinski definition) is 1. The Labute approximate surface area is 110 Å². The molecular weight excluding hydrogens is 250 g/mol. The van der Waals surface area contributed by atoms with Crippen LogP contribution in [-0.4, -0.2) is 12.0 Å². The standard InChI is InChI=1S/C14H14F2N2O/c1-17-8-11-3-2-4-12(18-11)9-19-14-7-10(15)5-6-13(14)16/h2-7,17H,8-9H2,1H3. The quantitative estimate of drug-likeness (QED) is 0.901. The molecule has 0 saturated heterocycles. The summed E-state index contributed by atoms with van der Waals surface area (Å²) in [5, 5.41) is 2.99. The summed E-state index contributed by atoms with van der Waals surface area (Å²) in [6.45, 7) is 0.736. The Morgan fingerprint density at radius 3 is 2.74 bits per heavy atom. The Morgan fingerprint density at radius 1 is 1.16 bits per heavy atom. The van der Waals surface area contributed by atoms with E-state index in [1.807, 2.05) is 19.2 Å². The average molecular weight is 264 g/mol. The van der Waals surface area contributed by atoms with Gasteiger partial charge in [0.05, 0.1) is 11.4 Å². The summed E-state index contributed by atoms with van der Waals surface area (Å²) in [6, 6.07) is 8.61. The summed E-state index contributed by atoms with van der Waals surface area (Å²) >= 11 is 0. The Hall–Kier alpha value is -2.01. The lowest BCUT2D eigenvalue weighted by Gasteiger charge is -2.08. The molecule has 0 bridgehead atoms. The van der Waals surface area contributed by atoms with Crippen molar-refractivity contribution in [3.63, 3.8) is 0 Å². The molecule has 0 saturated carbocycles. The van der Waals surface area contributed by atoms with Crippen molar-refractivity contribution in [2.24, 2.45) is 0 Å². The normalized spacial score (nSPS) is 10.5. The first kappa shape index (κ1) is 13.4. The molecule has 0 unspecified atom stereocenters. The van der Waals surface area contributed by atoms with E-state index in [1.54, 1.807) is 6.07 Å². The first-order valence-electron chi connectivity index (χ1n) is 5.86. The zero-order chi connectivity index (χ0) is 13.7. The highest BCUT2D eigenvalue weighted by atomic mass is 19.1. The van der Waals surface area contributed by atoms with Gasteiger partial charge in [-0.2, -0.15) is 0 Å². The second-order valence-electron chi connectivity index (χ2n) is 4.01. The van der Waals surface area contributed by atoms with E-state index >= 15 is 0 Å². The van der Waals surface area contributed by atoms with Crippen LogP contribution in [0.25, 0.3) is 0 Å². The van der Waals surface area contributed by atoms with E-state index in [9.17, 15) is 8.78 Å². The summed E-state index contributed by atoms with van der Waals surface area (Å²) in [5.41, 5.74) is 1.53. The van der Waals surface area contributed by atoms with Crippen LogP contribution in [0.15, 0.2) is 36.4 Å². The van der Waals surface area contributed by atoms with E-state index < -0.39 is 11.6 Å². The van der Waals surface area contributed by atoms with Crippen molar-refractivity contribution in [3.8, 4) is 5.75 Å². The molecule has 19 heavy (non-hydrogen) atoms. The molecule has 5 heteroatoms. The zero-order valence-electron chi connectivity index (χ0n) is 10.5. The molecule has 0 fully saturated rings. The number of nitrogens with zero attached hydrogens (tertiary/aromatic N) is 1. The van der Waals surface area contributed by atoms with Gasteiger partial charge in [0.2, 0.25) is 0 Å². The average Bonchev–Trinajstić information content (AvgIpc) is 2.41. The van der Waals surface area contributed by atoms with Gasteiger partial charge in [-0.25, -0.2) is 8.78 Å². The maximum absolute atomic E-state index is 13.4. The van der Waals surface area contributed by atoms with Crippen molar-refractivity contribution in [1.82, 2.24) is 10.3 Å². The third-order valence-corrected chi connectivity index (χ3v) is 2.49. The molecule has 0 aliphatic carbocycles. The molecule has 1 N–H and O–H groups in total. The third kappa shape index (κ3) is 3.72. The fraction of sp³-hybridized carbons (Fsp3) is 0.214. The molecule has 2 rings (SSSR count). The molecule has 0 atom stereocenters. The number of hydrogen-bond acceptors (Lipinski definition) is 3. The van der Waals surface area contributed by atoms with Crippen molar-refractivity contribution in [1.29, 1.82) is 0 Å². The minimum absolute atomic E-state index is 0.0952. The highest BCUT2D eigenvalue weighted by molar-refractivity contribution is 5.25. The van der Waals surface area contributed by atoms with Crippen LogP contribution in [0.4, 0.5) is 8.78 Å². The van der Waals surface area contributed by atoms with Gasteiger partial charge in [-0.3, -0.25) is 4.98 Å². The summed E-state index contributed by atoms with van der Waals surface area (Å²) in [5.74, 6) is -1.23. The third-order valence-electron chi connectivity index (χ3n) is 2.49. The van der Waals surface area contributed by atoms with Crippen LogP contribution in [-0.2, 0) is 13.2 Å². The first-order chi connectivity index (χ1) is 9.19. The maximum atomic E-state index is 13.4. The predicted octanol–water partition coefficient (Wildman–Crippen LogP) is 2.66. The fourth-order valence-corrected chi connectivity index (χ4v) is 1.63. The topological polar surface area (TPSA) is 34.1 Å². The van der Waals surface area contributed by atoms with E-state index in [-0.39, 0.29) is 12.4 Å². The summed E-state index contributed by atoms with van der Waals surface area (Å²) in [6.07, 6.45) is 0. The zero-order valence-corrected chi connectivity index (χ0v) is 10.5. The van der Waals surface area contributed by atoms with Crippen LogP contribution in [0, 0.1) is 11.6 Å². The molecule has 2 aromatic rings. The SMILES string of the molecule is CNCc1cccc(COc2cc(F)ccc2F)n1. The van der Waals surface area contributed by atoms with Crippen molar-refractivity contribution in [3.05, 3.63) is 59.4 Å². The number of aromatic nitrogens is 1. The number of rotatable bonds is 5. The van der Waals surface area contributed by atoms with Gasteiger partial charge < -0.3 is 10.1 Å².